The van der Waals surface area contributed by atoms with Gasteiger partial charge >= 0.3 is 0 Å². The number of likely N-dealkylation sites (N-methyl/N-ethyl adjacent to an activating group) is 1. The minimum absolute atomic E-state index is 0.0261. The Morgan fingerprint density at radius 3 is 2.43 bits per heavy atom. The number of rotatable bonds is 4. The molecule has 2 heterocycles. The minimum Gasteiger partial charge on any atom is -0.482 e. The molecule has 0 radical (unpaired) electrons. The fourth-order valence-corrected chi connectivity index (χ4v) is 5.10. The van der Waals surface area contributed by atoms with Crippen LogP contribution in [0.15, 0.2) is 47.4 Å². The first-order chi connectivity index (χ1) is 14.4. The molecule has 2 aromatic rings. The summed E-state index contributed by atoms with van der Waals surface area (Å²) in [6.07, 6.45) is 2.80. The summed E-state index contributed by atoms with van der Waals surface area (Å²) in [6, 6.07) is 11.0. The molecule has 2 aliphatic rings. The molecule has 2 aliphatic heterocycles. The minimum atomic E-state index is -3.51. The molecule has 0 aliphatic carbocycles. The number of benzene rings is 2. The van der Waals surface area contributed by atoms with Crippen molar-refractivity contribution in [2.75, 3.05) is 37.0 Å². The number of anilines is 2. The molecule has 0 saturated carbocycles. The number of nitrogens with one attached hydrogen (secondary N) is 1. The molecule has 4 rings (SSSR count). The first-order valence-corrected chi connectivity index (χ1v) is 11.3. The van der Waals surface area contributed by atoms with Gasteiger partial charge in [-0.1, -0.05) is 6.42 Å². The third kappa shape index (κ3) is 3.90. The molecular weight excluding hydrogens is 406 g/mol. The lowest BCUT2D eigenvalue weighted by Gasteiger charge is -2.26. The molecule has 1 fully saturated rings. The van der Waals surface area contributed by atoms with Crippen LogP contribution in [0.2, 0.25) is 0 Å². The highest BCUT2D eigenvalue weighted by atomic mass is 32.2. The van der Waals surface area contributed by atoms with Gasteiger partial charge in [-0.25, -0.2) is 8.42 Å². The van der Waals surface area contributed by atoms with Crippen LogP contribution in [0.4, 0.5) is 11.4 Å². The zero-order valence-corrected chi connectivity index (χ0v) is 17.4. The van der Waals surface area contributed by atoms with E-state index in [1.165, 1.54) is 21.3 Å². The topological polar surface area (TPSA) is 96.0 Å². The van der Waals surface area contributed by atoms with Crippen LogP contribution in [0.3, 0.4) is 0 Å². The Balaban J connectivity index is 1.48. The van der Waals surface area contributed by atoms with E-state index in [0.717, 1.165) is 19.3 Å². The Morgan fingerprint density at radius 2 is 1.73 bits per heavy atom. The Bertz CT molecular complexity index is 1080. The monoisotopic (exact) mass is 429 g/mol. The van der Waals surface area contributed by atoms with E-state index in [0.29, 0.717) is 35.8 Å². The first kappa shape index (κ1) is 20.4. The normalized spacial score (nSPS) is 17.2. The lowest BCUT2D eigenvalue weighted by molar-refractivity contribution is -0.120. The number of fused-ring (bicyclic) bond motifs is 1. The van der Waals surface area contributed by atoms with Crippen LogP contribution >= 0.6 is 0 Å². The molecule has 0 aromatic heterocycles. The summed E-state index contributed by atoms with van der Waals surface area (Å²) >= 11 is 0. The van der Waals surface area contributed by atoms with E-state index < -0.39 is 10.0 Å². The van der Waals surface area contributed by atoms with Gasteiger partial charge in [0.2, 0.25) is 10.0 Å². The van der Waals surface area contributed by atoms with Crippen LogP contribution in [-0.2, 0) is 14.8 Å². The smallest absolute Gasteiger partial charge is 0.264 e. The molecule has 30 heavy (non-hydrogen) atoms. The van der Waals surface area contributed by atoms with E-state index >= 15 is 0 Å². The van der Waals surface area contributed by atoms with Gasteiger partial charge in [0, 0.05) is 31.4 Å². The van der Waals surface area contributed by atoms with Gasteiger partial charge < -0.3 is 15.0 Å². The number of piperidine rings is 1. The molecule has 9 heteroatoms. The third-order valence-corrected chi connectivity index (χ3v) is 7.29. The van der Waals surface area contributed by atoms with Crippen molar-refractivity contribution in [2.24, 2.45) is 0 Å². The average molecular weight is 429 g/mol. The van der Waals surface area contributed by atoms with Crippen molar-refractivity contribution in [1.29, 1.82) is 0 Å². The number of ether oxygens (including phenoxy) is 1. The summed E-state index contributed by atoms with van der Waals surface area (Å²) in [6.45, 7) is 1.06. The maximum Gasteiger partial charge on any atom is 0.264 e. The molecule has 2 amide bonds. The Kier molecular flexibility index (Phi) is 5.48. The van der Waals surface area contributed by atoms with Crippen molar-refractivity contribution in [3.05, 3.63) is 48.0 Å². The molecule has 158 valence electrons. The number of sulfonamides is 1. The average Bonchev–Trinajstić information content (AvgIpc) is 2.77. The van der Waals surface area contributed by atoms with Gasteiger partial charge in [0.1, 0.15) is 5.75 Å². The van der Waals surface area contributed by atoms with E-state index in [2.05, 4.69) is 5.32 Å². The van der Waals surface area contributed by atoms with E-state index in [9.17, 15) is 18.0 Å². The van der Waals surface area contributed by atoms with Gasteiger partial charge in [-0.15, -0.1) is 0 Å². The summed E-state index contributed by atoms with van der Waals surface area (Å²) in [5.74, 6) is -0.0117. The maximum atomic E-state index is 12.7. The van der Waals surface area contributed by atoms with Gasteiger partial charge in [0.05, 0.1) is 10.6 Å². The number of hydrogen-bond acceptors (Lipinski definition) is 5. The summed E-state index contributed by atoms with van der Waals surface area (Å²) in [7, 11) is -1.88. The van der Waals surface area contributed by atoms with Crippen LogP contribution in [0.25, 0.3) is 0 Å². The zero-order chi connectivity index (χ0) is 21.3. The molecule has 1 saturated heterocycles. The molecular formula is C21H23N3O5S. The van der Waals surface area contributed by atoms with Crippen molar-refractivity contribution in [3.63, 3.8) is 0 Å². The second-order valence-corrected chi connectivity index (χ2v) is 9.31. The van der Waals surface area contributed by atoms with Crippen molar-refractivity contribution in [3.8, 4) is 5.75 Å². The zero-order valence-electron chi connectivity index (χ0n) is 16.6. The predicted molar refractivity (Wildman–Crippen MR) is 112 cm³/mol. The predicted octanol–water partition coefficient (Wildman–Crippen LogP) is 2.47. The number of carbonyl (C=O) groups is 2. The quantitative estimate of drug-likeness (QED) is 0.806. The number of amides is 2. The van der Waals surface area contributed by atoms with Crippen LogP contribution in [0.1, 0.15) is 29.6 Å². The lowest BCUT2D eigenvalue weighted by Crippen LogP contribution is -2.35. The standard InChI is InChI=1S/C21H23N3O5S/c1-23-18-13-15(5-10-19(18)29-14-20(23)25)21(26)22-16-6-8-17(9-7-16)30(27,28)24-11-3-2-4-12-24/h5-10,13H,2-4,11-12,14H2,1H3,(H,22,26). The number of hydrogen-bond donors (Lipinski definition) is 1. The van der Waals surface area contributed by atoms with Crippen molar-refractivity contribution in [2.45, 2.75) is 24.2 Å². The van der Waals surface area contributed by atoms with Gasteiger partial charge in [0.25, 0.3) is 11.8 Å². The second kappa shape index (κ2) is 8.08. The first-order valence-electron chi connectivity index (χ1n) is 9.81. The van der Waals surface area contributed by atoms with Crippen molar-refractivity contribution < 1.29 is 22.7 Å². The summed E-state index contributed by atoms with van der Waals surface area (Å²) in [4.78, 5) is 26.1. The third-order valence-electron chi connectivity index (χ3n) is 5.37. The van der Waals surface area contributed by atoms with Crippen molar-refractivity contribution in [1.82, 2.24) is 4.31 Å². The molecule has 0 bridgehead atoms. The summed E-state index contributed by atoms with van der Waals surface area (Å²) in [5, 5.41) is 2.76. The highest BCUT2D eigenvalue weighted by Gasteiger charge is 2.26. The molecule has 2 aromatic carbocycles. The number of carbonyl (C=O) groups excluding carboxylic acids is 2. The van der Waals surface area contributed by atoms with Gasteiger partial charge in [-0.3, -0.25) is 9.59 Å². The van der Waals surface area contributed by atoms with E-state index in [4.69, 9.17) is 4.74 Å². The molecule has 8 nitrogen and oxygen atoms in total. The second-order valence-electron chi connectivity index (χ2n) is 7.37. The molecule has 0 unspecified atom stereocenters. The van der Waals surface area contributed by atoms with E-state index in [1.54, 1.807) is 37.4 Å². The highest BCUT2D eigenvalue weighted by molar-refractivity contribution is 7.89. The molecule has 1 N–H and O–H groups in total. The van der Waals surface area contributed by atoms with Crippen LogP contribution in [0.5, 0.6) is 5.75 Å². The van der Waals surface area contributed by atoms with Gasteiger partial charge in [-0.05, 0) is 55.3 Å². The van der Waals surface area contributed by atoms with Gasteiger partial charge in [0.15, 0.2) is 6.61 Å². The summed E-state index contributed by atoms with van der Waals surface area (Å²) < 4.78 is 32.3. The fraction of sp³-hybridized carbons (Fsp3) is 0.333. The Labute approximate surface area is 175 Å². The van der Waals surface area contributed by atoms with E-state index in [-0.39, 0.29) is 23.3 Å². The van der Waals surface area contributed by atoms with Gasteiger partial charge in [-0.2, -0.15) is 4.31 Å². The largest absolute Gasteiger partial charge is 0.482 e. The van der Waals surface area contributed by atoms with Crippen LogP contribution in [-0.4, -0.2) is 51.3 Å². The fourth-order valence-electron chi connectivity index (χ4n) is 3.58. The summed E-state index contributed by atoms with van der Waals surface area (Å²) in [5.41, 5.74) is 1.38. The van der Waals surface area contributed by atoms with Crippen LogP contribution < -0.4 is 15.0 Å². The SMILES string of the molecule is CN1C(=O)COc2ccc(C(=O)Nc3ccc(S(=O)(=O)N4CCCCC4)cc3)cc21. The lowest BCUT2D eigenvalue weighted by atomic mass is 10.1. The highest BCUT2D eigenvalue weighted by Crippen LogP contribution is 2.32. The molecule has 0 atom stereocenters. The van der Waals surface area contributed by atoms with Crippen LogP contribution in [0, 0.1) is 0 Å². The number of nitrogens with zero attached hydrogens (tertiary/aromatic N) is 2. The Morgan fingerprint density at radius 1 is 1.03 bits per heavy atom. The van der Waals surface area contributed by atoms with E-state index in [1.807, 2.05) is 0 Å². The molecule has 0 spiro atoms. The van der Waals surface area contributed by atoms with Crippen molar-refractivity contribution >= 4 is 33.2 Å². The maximum absolute atomic E-state index is 12.7. The Hall–Kier alpha value is -2.91.